The van der Waals surface area contributed by atoms with E-state index in [-0.39, 0.29) is 22.4 Å². The van der Waals surface area contributed by atoms with Gasteiger partial charge in [0, 0.05) is 6.04 Å². The van der Waals surface area contributed by atoms with E-state index in [4.69, 9.17) is 16.7 Å². The van der Waals surface area contributed by atoms with Crippen molar-refractivity contribution >= 4 is 29.3 Å². The molecule has 0 radical (unpaired) electrons. The molecule has 0 atom stereocenters. The van der Waals surface area contributed by atoms with Gasteiger partial charge in [-0.3, -0.25) is 4.57 Å². The summed E-state index contributed by atoms with van der Waals surface area (Å²) in [5.74, 6) is -1.20. The number of carboxylic acid groups (broad SMARTS) is 1. The SMILES string of the molecule is O=C(O)c1nc(Sc2n[nH]c(=O)n2C2CC2)ccc1Cl. The molecule has 0 spiro atoms. The fourth-order valence-corrected chi connectivity index (χ4v) is 2.81. The molecule has 0 aromatic carbocycles. The minimum absolute atomic E-state index is 0.0726. The highest BCUT2D eigenvalue weighted by Gasteiger charge is 2.29. The summed E-state index contributed by atoms with van der Waals surface area (Å²) in [4.78, 5) is 26.6. The average molecular weight is 313 g/mol. The van der Waals surface area contributed by atoms with Gasteiger partial charge in [-0.25, -0.2) is 19.7 Å². The molecule has 9 heteroatoms. The Balaban J connectivity index is 1.94. The molecule has 20 heavy (non-hydrogen) atoms. The molecule has 3 rings (SSSR count). The van der Waals surface area contributed by atoms with E-state index in [0.29, 0.717) is 10.2 Å². The first kappa shape index (κ1) is 13.2. The number of carbonyl (C=O) groups is 1. The van der Waals surface area contributed by atoms with Crippen molar-refractivity contribution in [3.05, 3.63) is 33.3 Å². The Morgan fingerprint density at radius 2 is 2.25 bits per heavy atom. The zero-order chi connectivity index (χ0) is 14.3. The van der Waals surface area contributed by atoms with E-state index in [1.165, 1.54) is 6.07 Å². The van der Waals surface area contributed by atoms with Gasteiger partial charge in [-0.15, -0.1) is 5.10 Å². The molecule has 1 saturated carbocycles. The maximum absolute atomic E-state index is 11.6. The lowest BCUT2D eigenvalue weighted by Gasteiger charge is -2.04. The highest BCUT2D eigenvalue weighted by Crippen LogP contribution is 2.37. The van der Waals surface area contributed by atoms with Crippen LogP contribution in [0.5, 0.6) is 0 Å². The molecule has 2 aromatic heterocycles. The van der Waals surface area contributed by atoms with Crippen LogP contribution in [0.1, 0.15) is 29.4 Å². The lowest BCUT2D eigenvalue weighted by molar-refractivity contribution is 0.0690. The van der Waals surface area contributed by atoms with Gasteiger partial charge < -0.3 is 5.11 Å². The number of aromatic nitrogens is 4. The van der Waals surface area contributed by atoms with Gasteiger partial charge in [0.2, 0.25) is 0 Å². The standard InChI is InChI=1S/C11H9ClN4O3S/c12-6-3-4-7(13-8(6)9(17)18)20-11-15-14-10(19)16(11)5-1-2-5/h3-5H,1-2H2,(H,14,19)(H,17,18). The van der Waals surface area contributed by atoms with Gasteiger partial charge in [0.05, 0.1) is 5.02 Å². The molecule has 0 bridgehead atoms. The van der Waals surface area contributed by atoms with Crippen molar-refractivity contribution in [3.8, 4) is 0 Å². The summed E-state index contributed by atoms with van der Waals surface area (Å²) >= 11 is 6.89. The van der Waals surface area contributed by atoms with Crippen LogP contribution < -0.4 is 5.69 Å². The second-order valence-corrected chi connectivity index (χ2v) is 5.69. The van der Waals surface area contributed by atoms with E-state index in [0.717, 1.165) is 24.6 Å². The number of nitrogens with one attached hydrogen (secondary N) is 1. The fraction of sp³-hybridized carbons (Fsp3) is 0.273. The number of hydrogen-bond acceptors (Lipinski definition) is 5. The Hall–Kier alpha value is -1.80. The van der Waals surface area contributed by atoms with E-state index < -0.39 is 5.97 Å². The van der Waals surface area contributed by atoms with Gasteiger partial charge in [-0.1, -0.05) is 11.6 Å². The predicted octanol–water partition coefficient (Wildman–Crippen LogP) is 1.80. The average Bonchev–Trinajstić information content (AvgIpc) is 3.17. The fourth-order valence-electron chi connectivity index (χ4n) is 1.74. The molecule has 0 unspecified atom stereocenters. The minimum Gasteiger partial charge on any atom is -0.476 e. The van der Waals surface area contributed by atoms with Gasteiger partial charge in [0.15, 0.2) is 10.9 Å². The van der Waals surface area contributed by atoms with Crippen molar-refractivity contribution in [1.82, 2.24) is 19.7 Å². The molecule has 2 N–H and O–H groups in total. The summed E-state index contributed by atoms with van der Waals surface area (Å²) in [6.45, 7) is 0. The molecule has 0 amide bonds. The summed E-state index contributed by atoms with van der Waals surface area (Å²) in [5, 5.41) is 16.3. The van der Waals surface area contributed by atoms with Crippen molar-refractivity contribution in [1.29, 1.82) is 0 Å². The van der Waals surface area contributed by atoms with E-state index in [1.54, 1.807) is 10.6 Å². The van der Waals surface area contributed by atoms with Crippen molar-refractivity contribution in [3.63, 3.8) is 0 Å². The molecule has 7 nitrogen and oxygen atoms in total. The van der Waals surface area contributed by atoms with Crippen molar-refractivity contribution in [2.75, 3.05) is 0 Å². The summed E-state index contributed by atoms with van der Waals surface area (Å²) in [7, 11) is 0. The van der Waals surface area contributed by atoms with E-state index in [1.807, 2.05) is 0 Å². The lowest BCUT2D eigenvalue weighted by atomic mass is 10.3. The molecule has 0 saturated heterocycles. The topological polar surface area (TPSA) is 101 Å². The number of H-pyrrole nitrogens is 1. The molecule has 104 valence electrons. The molecule has 2 heterocycles. The second kappa shape index (κ2) is 4.95. The Labute approximate surface area is 122 Å². The Kier molecular flexibility index (Phi) is 3.27. The summed E-state index contributed by atoms with van der Waals surface area (Å²) in [5.41, 5.74) is -0.477. The van der Waals surface area contributed by atoms with Crippen LogP contribution in [0.15, 0.2) is 27.1 Å². The Morgan fingerprint density at radius 3 is 2.90 bits per heavy atom. The van der Waals surface area contributed by atoms with Crippen molar-refractivity contribution < 1.29 is 9.90 Å². The highest BCUT2D eigenvalue weighted by atomic mass is 35.5. The number of aromatic amines is 1. The largest absolute Gasteiger partial charge is 0.476 e. The van der Waals surface area contributed by atoms with Crippen LogP contribution in [-0.4, -0.2) is 30.8 Å². The molecule has 1 aliphatic rings. The predicted molar refractivity (Wildman–Crippen MR) is 71.4 cm³/mol. The quantitative estimate of drug-likeness (QED) is 0.892. The molecule has 2 aromatic rings. The number of carboxylic acids is 1. The van der Waals surface area contributed by atoms with Gasteiger partial charge in [0.25, 0.3) is 0 Å². The van der Waals surface area contributed by atoms with Gasteiger partial charge in [-0.05, 0) is 36.7 Å². The first-order valence-corrected chi connectivity index (χ1v) is 7.00. The van der Waals surface area contributed by atoms with E-state index in [9.17, 15) is 9.59 Å². The molecular formula is C11H9ClN4O3S. The summed E-state index contributed by atoms with van der Waals surface area (Å²) in [6, 6.07) is 3.23. The second-order valence-electron chi connectivity index (χ2n) is 4.30. The van der Waals surface area contributed by atoms with Crippen LogP contribution in [0, 0.1) is 0 Å². The van der Waals surface area contributed by atoms with Crippen LogP contribution in [0.2, 0.25) is 5.02 Å². The minimum atomic E-state index is -1.20. The van der Waals surface area contributed by atoms with Crippen molar-refractivity contribution in [2.45, 2.75) is 29.1 Å². The molecule has 0 aliphatic heterocycles. The number of aromatic carboxylic acids is 1. The third kappa shape index (κ3) is 2.44. The number of halogens is 1. The third-order valence-corrected chi connectivity index (χ3v) is 4.02. The number of hydrogen-bond donors (Lipinski definition) is 2. The maximum atomic E-state index is 11.6. The molecular weight excluding hydrogens is 304 g/mol. The highest BCUT2D eigenvalue weighted by molar-refractivity contribution is 7.99. The van der Waals surface area contributed by atoms with Gasteiger partial charge in [-0.2, -0.15) is 0 Å². The van der Waals surface area contributed by atoms with Crippen molar-refractivity contribution in [2.24, 2.45) is 0 Å². The Bertz CT molecular complexity index is 738. The number of rotatable bonds is 4. The monoisotopic (exact) mass is 312 g/mol. The van der Waals surface area contributed by atoms with Crippen LogP contribution in [-0.2, 0) is 0 Å². The lowest BCUT2D eigenvalue weighted by Crippen LogP contribution is -2.16. The first-order chi connectivity index (χ1) is 9.56. The maximum Gasteiger partial charge on any atom is 0.356 e. The van der Waals surface area contributed by atoms with Crippen LogP contribution in [0.3, 0.4) is 0 Å². The van der Waals surface area contributed by atoms with Crippen LogP contribution >= 0.6 is 23.4 Å². The van der Waals surface area contributed by atoms with Gasteiger partial charge >= 0.3 is 11.7 Å². The van der Waals surface area contributed by atoms with E-state index in [2.05, 4.69) is 15.2 Å². The molecule has 1 fully saturated rings. The zero-order valence-corrected chi connectivity index (χ0v) is 11.6. The summed E-state index contributed by atoms with van der Waals surface area (Å²) < 4.78 is 1.57. The van der Waals surface area contributed by atoms with E-state index >= 15 is 0 Å². The Morgan fingerprint density at radius 1 is 1.50 bits per heavy atom. The zero-order valence-electron chi connectivity index (χ0n) is 10.0. The number of nitrogens with zero attached hydrogens (tertiary/aromatic N) is 3. The van der Waals surface area contributed by atoms with Crippen LogP contribution in [0.4, 0.5) is 0 Å². The molecule has 1 aliphatic carbocycles. The normalized spacial score (nSPS) is 14.4. The number of pyridine rings is 1. The van der Waals surface area contributed by atoms with Gasteiger partial charge in [0.1, 0.15) is 5.03 Å². The smallest absolute Gasteiger partial charge is 0.356 e. The first-order valence-electron chi connectivity index (χ1n) is 5.81. The third-order valence-electron chi connectivity index (χ3n) is 2.80. The van der Waals surface area contributed by atoms with Crippen LogP contribution in [0.25, 0.3) is 0 Å². The summed E-state index contributed by atoms with van der Waals surface area (Å²) in [6.07, 6.45) is 1.89.